The van der Waals surface area contributed by atoms with E-state index in [0.29, 0.717) is 0 Å². The summed E-state index contributed by atoms with van der Waals surface area (Å²) in [5.41, 5.74) is 0. The molecule has 0 fully saturated rings. The van der Waals surface area contributed by atoms with Crippen LogP contribution in [0.3, 0.4) is 0 Å². The van der Waals surface area contributed by atoms with E-state index in [-0.39, 0.29) is 19.9 Å². The molecule has 0 spiro atoms. The van der Waals surface area contributed by atoms with Crippen LogP contribution in [-0.2, 0) is 0 Å². The second-order valence-corrected chi connectivity index (χ2v) is 14.0. The molecule has 0 amide bonds. The zero-order valence-electron chi connectivity index (χ0n) is 1.96. The summed E-state index contributed by atoms with van der Waals surface area (Å²) >= 11 is 5.78. The Bertz CT molecular complexity index is 10.0. The minimum absolute atomic E-state index is 0.0470. The SMILES string of the molecule is Br[CH2][Pb][I]. The van der Waals surface area contributed by atoms with Crippen LogP contribution in [0, 0.1) is 0 Å². The Morgan fingerprint density at radius 3 is 2.25 bits per heavy atom. The molecule has 0 aromatic heterocycles. The van der Waals surface area contributed by atoms with Crippen molar-refractivity contribution in [1.29, 1.82) is 0 Å². The summed E-state index contributed by atoms with van der Waals surface area (Å²) < 4.78 is 1.31. The summed E-state index contributed by atoms with van der Waals surface area (Å²) in [6.45, 7) is 0. The van der Waals surface area contributed by atoms with Gasteiger partial charge in [0.15, 0.2) is 0 Å². The zero-order chi connectivity index (χ0) is 3.41. The van der Waals surface area contributed by atoms with Gasteiger partial charge >= 0.3 is 56.5 Å². The number of hydrogen-bond donors (Lipinski definition) is 0. The van der Waals surface area contributed by atoms with Gasteiger partial charge in [-0.15, -0.1) is 0 Å². The van der Waals surface area contributed by atoms with Crippen molar-refractivity contribution in [3.05, 3.63) is 0 Å². The number of alkyl halides is 1. The first-order valence-electron chi connectivity index (χ1n) is 0.810. The second-order valence-electron chi connectivity index (χ2n) is 0.267. The van der Waals surface area contributed by atoms with E-state index in [1.807, 2.05) is 0 Å². The first-order valence-corrected chi connectivity index (χ1v) is 15.6. The van der Waals surface area contributed by atoms with E-state index in [1.165, 1.54) is 2.89 Å². The molecule has 0 saturated heterocycles. The molecule has 24 valence electrons. The van der Waals surface area contributed by atoms with Crippen LogP contribution in [0.1, 0.15) is 0 Å². The van der Waals surface area contributed by atoms with E-state index in [0.717, 1.165) is 0 Å². The molecule has 0 aromatic rings. The van der Waals surface area contributed by atoms with Gasteiger partial charge in [-0.1, -0.05) is 0 Å². The van der Waals surface area contributed by atoms with E-state index in [2.05, 4.69) is 33.7 Å². The molecular weight excluding hydrogens is 426 g/mol. The quantitative estimate of drug-likeness (QED) is 0.337. The Hall–Kier alpha value is 2.13. The molecule has 0 bridgehead atoms. The molecule has 0 aliphatic carbocycles. The van der Waals surface area contributed by atoms with Gasteiger partial charge in [-0.3, -0.25) is 0 Å². The van der Waals surface area contributed by atoms with E-state index in [4.69, 9.17) is 0 Å². The summed E-state index contributed by atoms with van der Waals surface area (Å²) in [4.78, 5) is 0. The third-order valence-corrected chi connectivity index (χ3v) is 15.4. The summed E-state index contributed by atoms with van der Waals surface area (Å²) in [5, 5.41) is 0. The molecule has 0 aliphatic rings. The van der Waals surface area contributed by atoms with E-state index in [9.17, 15) is 0 Å². The van der Waals surface area contributed by atoms with Gasteiger partial charge in [0.25, 0.3) is 0 Å². The molecule has 4 heavy (non-hydrogen) atoms. The average molecular weight is 428 g/mol. The maximum atomic E-state index is 3.33. The van der Waals surface area contributed by atoms with Gasteiger partial charge in [0.1, 0.15) is 0 Å². The summed E-state index contributed by atoms with van der Waals surface area (Å²) in [5.74, 6) is 0. The molecule has 0 aromatic carbocycles. The van der Waals surface area contributed by atoms with Crippen molar-refractivity contribution in [2.45, 2.75) is 0 Å². The van der Waals surface area contributed by atoms with Crippen molar-refractivity contribution < 1.29 is 0 Å². The van der Waals surface area contributed by atoms with Crippen LogP contribution in [-0.4, -0.2) is 22.8 Å². The average Bonchev–Trinajstić information content (AvgIpc) is 1.37. The van der Waals surface area contributed by atoms with Crippen LogP contribution >= 0.6 is 33.7 Å². The molecule has 0 rings (SSSR count). The van der Waals surface area contributed by atoms with Crippen molar-refractivity contribution >= 4 is 53.6 Å². The third kappa shape index (κ3) is 4.13. The fourth-order valence-corrected chi connectivity index (χ4v) is 0. The van der Waals surface area contributed by atoms with Gasteiger partial charge in [0.05, 0.1) is 0 Å². The Morgan fingerprint density at radius 1 is 2.00 bits per heavy atom. The van der Waals surface area contributed by atoms with Gasteiger partial charge in [0, 0.05) is 0 Å². The van der Waals surface area contributed by atoms with Gasteiger partial charge < -0.3 is 0 Å². The van der Waals surface area contributed by atoms with Crippen molar-refractivity contribution in [3.63, 3.8) is 0 Å². The minimum atomic E-state index is -0.0470. The van der Waals surface area contributed by atoms with Crippen LogP contribution in [0.2, 0.25) is 0 Å². The number of rotatable bonds is 1. The van der Waals surface area contributed by atoms with Crippen LogP contribution in [0.4, 0.5) is 0 Å². The molecule has 0 saturated carbocycles. The predicted octanol–water partition coefficient (Wildman–Crippen LogP) is 1.39. The third-order valence-electron chi connectivity index (χ3n) is 0.0505. The Balaban J connectivity index is 1.97. The summed E-state index contributed by atoms with van der Waals surface area (Å²) in [6, 6.07) is 0. The molecule has 0 atom stereocenters. The van der Waals surface area contributed by atoms with Gasteiger partial charge in [-0.25, -0.2) is 0 Å². The molecule has 0 nitrogen and oxygen atoms in total. The van der Waals surface area contributed by atoms with E-state index < -0.39 is 0 Å². The standard InChI is InChI=1S/CH2Br.HI.Pb/c1-2;;/h1H2;1H;/q;;+1/p-1. The fourth-order valence-electron chi connectivity index (χ4n) is 0. The predicted molar refractivity (Wildman–Crippen MR) is 33.6 cm³/mol. The first kappa shape index (κ1) is 6.13. The molecular formula is CH2BrIPb. The number of halogens is 2. The molecule has 2 radical (unpaired) electrons. The topological polar surface area (TPSA) is 0 Å². The van der Waals surface area contributed by atoms with Crippen molar-refractivity contribution in [2.75, 3.05) is 2.89 Å². The van der Waals surface area contributed by atoms with Crippen LogP contribution in [0.25, 0.3) is 0 Å². The monoisotopic (exact) mass is 428 g/mol. The first-order chi connectivity index (χ1) is 1.91. The number of hydrogen-bond acceptors (Lipinski definition) is 0. The van der Waals surface area contributed by atoms with Crippen LogP contribution in [0.5, 0.6) is 0 Å². The summed E-state index contributed by atoms with van der Waals surface area (Å²) in [7, 11) is 0. The van der Waals surface area contributed by atoms with Gasteiger partial charge in [-0.2, -0.15) is 0 Å². The molecule has 0 N–H and O–H groups in total. The van der Waals surface area contributed by atoms with Gasteiger partial charge in [-0.05, 0) is 0 Å². The van der Waals surface area contributed by atoms with Crippen LogP contribution in [0.15, 0.2) is 0 Å². The fraction of sp³-hybridized carbons (Fsp3) is 1.00. The zero-order valence-corrected chi connectivity index (χ0v) is 9.59. The van der Waals surface area contributed by atoms with E-state index >= 15 is 0 Å². The van der Waals surface area contributed by atoms with Crippen molar-refractivity contribution in [2.24, 2.45) is 0 Å². The molecule has 0 aliphatic heterocycles. The van der Waals surface area contributed by atoms with Crippen LogP contribution < -0.4 is 0 Å². The molecule has 0 heterocycles. The van der Waals surface area contributed by atoms with Crippen molar-refractivity contribution in [1.82, 2.24) is 0 Å². The van der Waals surface area contributed by atoms with Gasteiger partial charge in [0.2, 0.25) is 0 Å². The Kier molecular flexibility index (Phi) is 7.87. The molecule has 3 heteroatoms. The van der Waals surface area contributed by atoms with E-state index in [1.54, 1.807) is 0 Å². The summed E-state index contributed by atoms with van der Waals surface area (Å²) in [6.07, 6.45) is 0. The maximum absolute atomic E-state index is 3.33. The molecule has 0 unspecified atom stereocenters. The normalized spacial score (nSPS) is 7.50. The Labute approximate surface area is 55.5 Å². The van der Waals surface area contributed by atoms with Crippen molar-refractivity contribution in [3.8, 4) is 0 Å². The Morgan fingerprint density at radius 2 is 2.25 bits per heavy atom. The second kappa shape index (κ2) is 5.13.